The van der Waals surface area contributed by atoms with E-state index in [4.69, 9.17) is 18.9 Å². The van der Waals surface area contributed by atoms with Gasteiger partial charge in [0.15, 0.2) is 6.29 Å². The highest BCUT2D eigenvalue weighted by Crippen LogP contribution is 2.19. The molecule has 0 fully saturated rings. The SMILES string of the molecule is CCC(C)O[C@@H]1C=C[C@H](OC(C)=O)[C@@H](COC(C)=O)O1. The van der Waals surface area contributed by atoms with Crippen molar-refractivity contribution in [3.63, 3.8) is 0 Å². The third-order valence-corrected chi connectivity index (χ3v) is 2.83. The molecule has 0 N–H and O–H groups in total. The molecule has 6 nitrogen and oxygen atoms in total. The van der Waals surface area contributed by atoms with Crippen LogP contribution < -0.4 is 0 Å². The summed E-state index contributed by atoms with van der Waals surface area (Å²) in [6.07, 6.45) is 2.62. The van der Waals surface area contributed by atoms with Crippen molar-refractivity contribution in [1.82, 2.24) is 0 Å². The first-order valence-corrected chi connectivity index (χ1v) is 6.72. The van der Waals surface area contributed by atoms with Crippen LogP contribution in [0.25, 0.3) is 0 Å². The zero-order valence-electron chi connectivity index (χ0n) is 12.3. The van der Waals surface area contributed by atoms with Gasteiger partial charge in [0.25, 0.3) is 0 Å². The van der Waals surface area contributed by atoms with Gasteiger partial charge in [0.05, 0.1) is 6.10 Å². The van der Waals surface area contributed by atoms with Crippen LogP contribution in [-0.2, 0) is 28.5 Å². The van der Waals surface area contributed by atoms with E-state index in [2.05, 4.69) is 0 Å². The first-order chi connectivity index (χ1) is 9.42. The van der Waals surface area contributed by atoms with Crippen molar-refractivity contribution in [3.8, 4) is 0 Å². The molecule has 1 unspecified atom stereocenters. The van der Waals surface area contributed by atoms with Gasteiger partial charge in [-0.05, 0) is 25.5 Å². The van der Waals surface area contributed by atoms with E-state index in [9.17, 15) is 9.59 Å². The number of hydrogen-bond donors (Lipinski definition) is 0. The normalized spacial score (nSPS) is 26.9. The second kappa shape index (κ2) is 8.01. The van der Waals surface area contributed by atoms with Crippen LogP contribution in [0.1, 0.15) is 34.1 Å². The summed E-state index contributed by atoms with van der Waals surface area (Å²) in [7, 11) is 0. The van der Waals surface area contributed by atoms with Crippen LogP contribution in [-0.4, -0.2) is 43.1 Å². The summed E-state index contributed by atoms with van der Waals surface area (Å²) < 4.78 is 21.3. The molecule has 1 aliphatic rings. The van der Waals surface area contributed by atoms with Gasteiger partial charge in [-0.25, -0.2) is 0 Å². The predicted molar refractivity (Wildman–Crippen MR) is 70.8 cm³/mol. The number of esters is 2. The van der Waals surface area contributed by atoms with Crippen molar-refractivity contribution in [2.45, 2.75) is 58.7 Å². The third kappa shape index (κ3) is 5.71. The summed E-state index contributed by atoms with van der Waals surface area (Å²) in [5, 5.41) is 0. The molecule has 0 saturated heterocycles. The smallest absolute Gasteiger partial charge is 0.303 e. The van der Waals surface area contributed by atoms with Crippen molar-refractivity contribution < 1.29 is 28.5 Å². The Labute approximate surface area is 119 Å². The van der Waals surface area contributed by atoms with E-state index in [1.54, 1.807) is 12.2 Å². The highest BCUT2D eigenvalue weighted by atomic mass is 16.7. The Balaban J connectivity index is 2.65. The van der Waals surface area contributed by atoms with E-state index in [1.165, 1.54) is 13.8 Å². The number of rotatable bonds is 6. The van der Waals surface area contributed by atoms with Crippen LogP contribution in [0.2, 0.25) is 0 Å². The predicted octanol–water partition coefficient (Wildman–Crippen LogP) is 1.58. The average molecular weight is 286 g/mol. The lowest BCUT2D eigenvalue weighted by Gasteiger charge is -2.32. The molecule has 1 heterocycles. The Morgan fingerprint density at radius 3 is 2.50 bits per heavy atom. The van der Waals surface area contributed by atoms with Gasteiger partial charge in [-0.3, -0.25) is 9.59 Å². The Kier molecular flexibility index (Phi) is 6.67. The standard InChI is InChI=1S/C14H22O6/c1-5-9(2)18-14-7-6-12(19-11(4)16)13(20-14)8-17-10(3)15/h6-7,9,12-14H,5,8H2,1-4H3/t9?,12-,13+,14-/m0/s1. The van der Waals surface area contributed by atoms with Gasteiger partial charge in [-0.2, -0.15) is 0 Å². The van der Waals surface area contributed by atoms with E-state index in [0.29, 0.717) is 0 Å². The zero-order valence-corrected chi connectivity index (χ0v) is 12.3. The molecule has 0 aromatic carbocycles. The fraction of sp³-hybridized carbons (Fsp3) is 0.714. The summed E-state index contributed by atoms with van der Waals surface area (Å²) in [4.78, 5) is 21.9. The van der Waals surface area contributed by atoms with Gasteiger partial charge in [0, 0.05) is 13.8 Å². The average Bonchev–Trinajstić information content (AvgIpc) is 2.37. The van der Waals surface area contributed by atoms with Crippen LogP contribution in [0.5, 0.6) is 0 Å². The lowest BCUT2D eigenvalue weighted by Crippen LogP contribution is -2.42. The Morgan fingerprint density at radius 2 is 1.95 bits per heavy atom. The first-order valence-electron chi connectivity index (χ1n) is 6.72. The second-order valence-electron chi connectivity index (χ2n) is 4.66. The molecule has 6 heteroatoms. The quantitative estimate of drug-likeness (QED) is 0.545. The molecular weight excluding hydrogens is 264 g/mol. The summed E-state index contributed by atoms with van der Waals surface area (Å²) in [6, 6.07) is 0. The molecule has 0 aromatic rings. The lowest BCUT2D eigenvalue weighted by molar-refractivity contribution is -0.207. The molecule has 4 atom stereocenters. The Morgan fingerprint density at radius 1 is 1.25 bits per heavy atom. The summed E-state index contributed by atoms with van der Waals surface area (Å²) in [5.41, 5.74) is 0. The second-order valence-corrected chi connectivity index (χ2v) is 4.66. The molecular formula is C14H22O6. The molecule has 20 heavy (non-hydrogen) atoms. The summed E-state index contributed by atoms with van der Waals surface area (Å²) in [6.45, 7) is 6.59. The summed E-state index contributed by atoms with van der Waals surface area (Å²) in [5.74, 6) is -0.832. The minimum absolute atomic E-state index is 0.0119. The van der Waals surface area contributed by atoms with E-state index in [0.717, 1.165) is 6.42 Å². The topological polar surface area (TPSA) is 71.1 Å². The monoisotopic (exact) mass is 286 g/mol. The van der Waals surface area contributed by atoms with Gasteiger partial charge in [-0.1, -0.05) is 6.92 Å². The Hall–Kier alpha value is -1.40. The highest BCUT2D eigenvalue weighted by Gasteiger charge is 2.31. The fourth-order valence-corrected chi connectivity index (χ4v) is 1.66. The maximum atomic E-state index is 11.1. The maximum Gasteiger partial charge on any atom is 0.303 e. The van der Waals surface area contributed by atoms with Crippen molar-refractivity contribution in [2.75, 3.05) is 6.61 Å². The molecule has 1 aliphatic heterocycles. The van der Waals surface area contributed by atoms with E-state index in [-0.39, 0.29) is 12.7 Å². The van der Waals surface area contributed by atoms with Crippen molar-refractivity contribution in [1.29, 1.82) is 0 Å². The van der Waals surface area contributed by atoms with Crippen LogP contribution in [0.3, 0.4) is 0 Å². The van der Waals surface area contributed by atoms with Crippen LogP contribution in [0.15, 0.2) is 12.2 Å². The molecule has 1 rings (SSSR count). The molecule has 0 aliphatic carbocycles. The van der Waals surface area contributed by atoms with Gasteiger partial charge in [0.2, 0.25) is 0 Å². The number of carbonyl (C=O) groups excluding carboxylic acids is 2. The number of ether oxygens (including phenoxy) is 4. The van der Waals surface area contributed by atoms with Gasteiger partial charge in [-0.15, -0.1) is 0 Å². The van der Waals surface area contributed by atoms with Crippen LogP contribution in [0, 0.1) is 0 Å². The zero-order chi connectivity index (χ0) is 15.1. The molecule has 0 bridgehead atoms. The number of hydrogen-bond acceptors (Lipinski definition) is 6. The molecule has 0 saturated carbocycles. The largest absolute Gasteiger partial charge is 0.463 e. The van der Waals surface area contributed by atoms with Gasteiger partial charge < -0.3 is 18.9 Å². The van der Waals surface area contributed by atoms with E-state index in [1.807, 2.05) is 13.8 Å². The van der Waals surface area contributed by atoms with Crippen LogP contribution >= 0.6 is 0 Å². The lowest BCUT2D eigenvalue weighted by atomic mass is 10.1. The minimum Gasteiger partial charge on any atom is -0.463 e. The first kappa shape index (κ1) is 16.7. The molecule has 0 amide bonds. The maximum absolute atomic E-state index is 11.1. The summed E-state index contributed by atoms with van der Waals surface area (Å²) >= 11 is 0. The minimum atomic E-state index is -0.580. The van der Waals surface area contributed by atoms with Crippen molar-refractivity contribution >= 4 is 11.9 Å². The molecule has 0 radical (unpaired) electrons. The van der Waals surface area contributed by atoms with Gasteiger partial charge >= 0.3 is 11.9 Å². The molecule has 114 valence electrons. The fourth-order valence-electron chi connectivity index (χ4n) is 1.66. The van der Waals surface area contributed by atoms with Crippen LogP contribution in [0.4, 0.5) is 0 Å². The van der Waals surface area contributed by atoms with E-state index >= 15 is 0 Å². The third-order valence-electron chi connectivity index (χ3n) is 2.83. The molecule has 0 spiro atoms. The molecule has 0 aromatic heterocycles. The van der Waals surface area contributed by atoms with Crippen molar-refractivity contribution in [3.05, 3.63) is 12.2 Å². The van der Waals surface area contributed by atoms with Crippen molar-refractivity contribution in [2.24, 2.45) is 0 Å². The van der Waals surface area contributed by atoms with Gasteiger partial charge in [0.1, 0.15) is 18.8 Å². The Bertz CT molecular complexity index is 365. The van der Waals surface area contributed by atoms with E-state index < -0.39 is 30.4 Å². The number of carbonyl (C=O) groups is 2. The highest BCUT2D eigenvalue weighted by molar-refractivity contribution is 5.66.